The Balaban J connectivity index is 0.000000748. The van der Waals surface area contributed by atoms with E-state index in [4.69, 9.17) is 25.1 Å². The number of benzene rings is 3. The maximum Gasteiger partial charge on any atom is 0.240 e. The quantitative estimate of drug-likeness (QED) is 0.183. The zero-order valence-corrected chi connectivity index (χ0v) is 26.4. The van der Waals surface area contributed by atoms with Gasteiger partial charge in [-0.2, -0.15) is 0 Å². The van der Waals surface area contributed by atoms with Gasteiger partial charge in [-0.1, -0.05) is 38.1 Å². The number of hydrogen-bond donors (Lipinski definition) is 5. The summed E-state index contributed by atoms with van der Waals surface area (Å²) in [6.45, 7) is 11.6. The number of nitrogens with two attached hydrogens (primary N) is 1. The van der Waals surface area contributed by atoms with E-state index in [1.54, 1.807) is 28.1 Å². The molecule has 11 heteroatoms. The number of anilines is 4. The number of ether oxygens (including phenoxy) is 2. The van der Waals surface area contributed by atoms with Crippen molar-refractivity contribution in [3.8, 4) is 11.5 Å². The topological polar surface area (TPSA) is 161 Å². The number of aryl methyl sites for hydroxylation is 1. The summed E-state index contributed by atoms with van der Waals surface area (Å²) in [4.78, 5) is 28.4. The molecule has 4 aromatic rings. The molecule has 0 saturated heterocycles. The van der Waals surface area contributed by atoms with Crippen LogP contribution in [-0.2, 0) is 9.59 Å². The van der Waals surface area contributed by atoms with E-state index in [0.717, 1.165) is 28.0 Å². The van der Waals surface area contributed by atoms with E-state index in [1.807, 2.05) is 101 Å². The van der Waals surface area contributed by atoms with Gasteiger partial charge in [0.25, 0.3) is 0 Å². The van der Waals surface area contributed by atoms with Crippen LogP contribution in [0, 0.1) is 6.92 Å². The Morgan fingerprint density at radius 3 is 1.86 bits per heavy atom. The Morgan fingerprint density at radius 1 is 0.907 bits per heavy atom. The molecule has 1 amide bonds. The van der Waals surface area contributed by atoms with Crippen molar-refractivity contribution < 1.29 is 24.2 Å². The normalized spacial score (nSPS) is 9.91. The van der Waals surface area contributed by atoms with Gasteiger partial charge >= 0.3 is 0 Å². The average molecular weight is 595 g/mol. The molecule has 43 heavy (non-hydrogen) atoms. The highest BCUT2D eigenvalue weighted by molar-refractivity contribution is 5.94. The van der Waals surface area contributed by atoms with Crippen LogP contribution in [0.15, 0.2) is 66.7 Å². The van der Waals surface area contributed by atoms with Crippen molar-refractivity contribution in [3.63, 3.8) is 0 Å². The third kappa shape index (κ3) is 13.6. The third-order valence-electron chi connectivity index (χ3n) is 5.12. The highest BCUT2D eigenvalue weighted by atomic mass is 16.5. The summed E-state index contributed by atoms with van der Waals surface area (Å²) in [7, 11) is 5.05. The summed E-state index contributed by atoms with van der Waals surface area (Å²) in [5, 5.41) is 16.6. The number of rotatable bonds is 7. The summed E-state index contributed by atoms with van der Waals surface area (Å²) in [5.74, 6) is 2.55. The highest BCUT2D eigenvalue weighted by Gasteiger charge is 2.10. The first-order valence-electron chi connectivity index (χ1n) is 13.7. The van der Waals surface area contributed by atoms with Crippen LogP contribution < -0.4 is 31.2 Å². The second kappa shape index (κ2) is 21.9. The van der Waals surface area contributed by atoms with Crippen molar-refractivity contribution in [1.82, 2.24) is 9.97 Å². The lowest BCUT2D eigenvalue weighted by molar-refractivity contribution is -0.117. The number of carbonyl (C=O) groups excluding carboxylic acids is 2. The molecular formula is C32H46N6O5. The third-order valence-corrected chi connectivity index (χ3v) is 5.12. The molecule has 0 spiro atoms. The monoisotopic (exact) mass is 594 g/mol. The summed E-state index contributed by atoms with van der Waals surface area (Å²) in [6, 6.07) is 20.4. The Labute approximate surface area is 254 Å². The molecule has 1 unspecified atom stereocenters. The summed E-state index contributed by atoms with van der Waals surface area (Å²) in [6.07, 6.45) is 0. The van der Waals surface area contributed by atoms with Gasteiger partial charge in [0, 0.05) is 43.2 Å². The van der Waals surface area contributed by atoms with Crippen molar-refractivity contribution in [3.05, 3.63) is 72.3 Å². The molecule has 0 bridgehead atoms. The molecule has 0 fully saturated rings. The van der Waals surface area contributed by atoms with Crippen LogP contribution in [0.2, 0.25) is 0 Å². The van der Waals surface area contributed by atoms with Crippen LogP contribution >= 0.6 is 0 Å². The van der Waals surface area contributed by atoms with Crippen molar-refractivity contribution in [2.24, 2.45) is 5.73 Å². The molecule has 6 N–H and O–H groups in total. The van der Waals surface area contributed by atoms with Gasteiger partial charge in [0.1, 0.15) is 18.3 Å². The second-order valence-corrected chi connectivity index (χ2v) is 8.35. The molecule has 0 aliphatic rings. The lowest BCUT2D eigenvalue weighted by atomic mass is 10.2. The van der Waals surface area contributed by atoms with Crippen LogP contribution in [0.3, 0.4) is 0 Å². The molecule has 234 valence electrons. The van der Waals surface area contributed by atoms with Crippen molar-refractivity contribution >= 4 is 46.7 Å². The Kier molecular flexibility index (Phi) is 19.5. The van der Waals surface area contributed by atoms with Gasteiger partial charge in [-0.25, -0.2) is 9.97 Å². The van der Waals surface area contributed by atoms with E-state index >= 15 is 0 Å². The van der Waals surface area contributed by atoms with Crippen LogP contribution in [-0.4, -0.2) is 61.7 Å². The predicted molar refractivity (Wildman–Crippen MR) is 177 cm³/mol. The van der Waals surface area contributed by atoms with Gasteiger partial charge in [0.05, 0.1) is 31.3 Å². The van der Waals surface area contributed by atoms with E-state index in [0.29, 0.717) is 23.1 Å². The number of para-hydroxylation sites is 2. The van der Waals surface area contributed by atoms with Crippen molar-refractivity contribution in [2.75, 3.05) is 43.8 Å². The number of hydrogen-bond acceptors (Lipinski definition) is 10. The molecule has 3 aromatic carbocycles. The lowest BCUT2D eigenvalue weighted by Gasteiger charge is -2.13. The first-order chi connectivity index (χ1) is 20.7. The molecule has 11 nitrogen and oxygen atoms in total. The summed E-state index contributed by atoms with van der Waals surface area (Å²) < 4.78 is 10.6. The highest BCUT2D eigenvalue weighted by Crippen LogP contribution is 2.30. The molecule has 0 aliphatic heterocycles. The molecule has 1 atom stereocenters. The summed E-state index contributed by atoms with van der Waals surface area (Å²) >= 11 is 0. The fraction of sp³-hybridized carbons (Fsp3) is 0.312. The molecule has 0 aliphatic carbocycles. The van der Waals surface area contributed by atoms with E-state index in [9.17, 15) is 4.79 Å². The van der Waals surface area contributed by atoms with Gasteiger partial charge in [-0.3, -0.25) is 4.79 Å². The Bertz CT molecular complexity index is 1350. The minimum Gasteiger partial charge on any atom is -0.497 e. The Hall–Kier alpha value is -4.74. The number of carbonyl (C=O) groups is 2. The van der Waals surface area contributed by atoms with Crippen molar-refractivity contribution in [2.45, 2.75) is 40.7 Å². The fourth-order valence-corrected chi connectivity index (χ4v) is 3.26. The fourth-order valence-electron chi connectivity index (χ4n) is 3.26. The van der Waals surface area contributed by atoms with Gasteiger partial charge in [-0.05, 0) is 50.6 Å². The maximum atomic E-state index is 11.2. The van der Waals surface area contributed by atoms with Crippen LogP contribution in [0.4, 0.5) is 23.0 Å². The van der Waals surface area contributed by atoms with Gasteiger partial charge < -0.3 is 41.1 Å². The summed E-state index contributed by atoms with van der Waals surface area (Å²) in [5.41, 5.74) is 9.79. The van der Waals surface area contributed by atoms with E-state index in [2.05, 4.69) is 25.9 Å². The zero-order valence-electron chi connectivity index (χ0n) is 26.4. The number of nitrogens with one attached hydrogen (secondary N) is 3. The minimum absolute atomic E-state index is 0.161. The number of methoxy groups -OCH3 is 2. The van der Waals surface area contributed by atoms with Gasteiger partial charge in [-0.15, -0.1) is 0 Å². The molecule has 1 heterocycles. The minimum atomic E-state index is -0.472. The number of amides is 1. The smallest absolute Gasteiger partial charge is 0.240 e. The number of fused-ring (bicyclic) bond motifs is 1. The zero-order chi connectivity index (χ0) is 32.8. The SMILES string of the molecule is C=O.CC.CCO.CNc1nc2ccccc2nc1Nc1cc(OC)cc(OC)c1.Cc1cccc(NC(=O)C(C)N)c1. The molecular weight excluding hydrogens is 548 g/mol. The van der Waals surface area contributed by atoms with Crippen LogP contribution in [0.5, 0.6) is 11.5 Å². The molecule has 4 rings (SSSR count). The number of nitrogens with zero attached hydrogens (tertiary/aromatic N) is 2. The van der Waals surface area contributed by atoms with E-state index in [-0.39, 0.29) is 12.5 Å². The Morgan fingerprint density at radius 2 is 1.42 bits per heavy atom. The molecule has 0 saturated carbocycles. The largest absolute Gasteiger partial charge is 0.497 e. The standard InChI is InChI=1S/C17H18N4O2.C10H14N2O.C2H6O.C2H6.CH2O/c1-18-16-17(21-15-7-5-4-6-14(15)20-16)19-11-8-12(22-2)10-13(9-11)23-3;1-7-4-3-5-9(6-7)12-10(13)8(2)11;1-2-3;2*1-2/h4-10H,1-3H3,(H,18,20)(H,19,21);3-6,8H,11H2,1-2H3,(H,12,13);3H,2H2,1H3;1-2H3;1H2. The van der Waals surface area contributed by atoms with Crippen molar-refractivity contribution in [1.29, 1.82) is 0 Å². The second-order valence-electron chi connectivity index (χ2n) is 8.35. The molecule has 1 aromatic heterocycles. The number of aliphatic hydroxyl groups excluding tert-OH is 1. The van der Waals surface area contributed by atoms with E-state index in [1.165, 1.54) is 0 Å². The predicted octanol–water partition coefficient (Wildman–Crippen LogP) is 5.55. The number of aromatic nitrogens is 2. The lowest BCUT2D eigenvalue weighted by Crippen LogP contribution is -2.32. The van der Waals surface area contributed by atoms with E-state index < -0.39 is 6.04 Å². The van der Waals surface area contributed by atoms with Gasteiger partial charge in [0.2, 0.25) is 5.91 Å². The first-order valence-corrected chi connectivity index (χ1v) is 13.7. The first kappa shape index (κ1) is 38.3. The van der Waals surface area contributed by atoms with Crippen LogP contribution in [0.25, 0.3) is 11.0 Å². The number of aliphatic hydroxyl groups is 1. The maximum absolute atomic E-state index is 11.2. The molecule has 0 radical (unpaired) electrons. The van der Waals surface area contributed by atoms with Gasteiger partial charge in [0.15, 0.2) is 11.6 Å². The average Bonchev–Trinajstić information content (AvgIpc) is 3.03. The van der Waals surface area contributed by atoms with Crippen LogP contribution in [0.1, 0.15) is 33.3 Å².